The van der Waals surface area contributed by atoms with Gasteiger partial charge in [0.25, 0.3) is 0 Å². The van der Waals surface area contributed by atoms with Crippen molar-refractivity contribution < 1.29 is 22.7 Å². The Labute approximate surface area is 133 Å². The van der Waals surface area contributed by atoms with Crippen molar-refractivity contribution in [3.05, 3.63) is 35.4 Å². The second kappa shape index (κ2) is 7.39. The zero-order chi connectivity index (χ0) is 17.7. The summed E-state index contributed by atoms with van der Waals surface area (Å²) in [6.07, 6.45) is -1.07. The number of alkyl halides is 3. The molecular formula is C16H21F3N2O2. The van der Waals surface area contributed by atoms with Crippen molar-refractivity contribution in [1.29, 1.82) is 0 Å². The molecule has 1 rings (SSSR count). The molecule has 0 heterocycles. The molecule has 0 aliphatic heterocycles. The zero-order valence-corrected chi connectivity index (χ0v) is 13.3. The van der Waals surface area contributed by atoms with Gasteiger partial charge in [0.05, 0.1) is 5.56 Å². The Bertz CT molecular complexity index is 576. The van der Waals surface area contributed by atoms with Crippen LogP contribution >= 0.6 is 0 Å². The molecule has 7 heteroatoms. The summed E-state index contributed by atoms with van der Waals surface area (Å²) < 4.78 is 42.8. The monoisotopic (exact) mass is 330 g/mol. The van der Waals surface area contributed by atoms with Crippen LogP contribution in [0.5, 0.6) is 0 Å². The Morgan fingerprint density at radius 2 is 1.96 bits per heavy atom. The molecule has 0 atom stereocenters. The van der Waals surface area contributed by atoms with E-state index in [1.165, 1.54) is 12.1 Å². The minimum atomic E-state index is -4.45. The van der Waals surface area contributed by atoms with Gasteiger partial charge in [-0.25, -0.2) is 4.79 Å². The maximum atomic E-state index is 12.6. The van der Waals surface area contributed by atoms with Crippen LogP contribution in [0.1, 0.15) is 38.3 Å². The first kappa shape index (κ1) is 18.9. The smallest absolute Gasteiger partial charge is 0.418 e. The highest BCUT2D eigenvalue weighted by Gasteiger charge is 2.32. The second-order valence-corrected chi connectivity index (χ2v) is 5.96. The summed E-state index contributed by atoms with van der Waals surface area (Å²) in [5.41, 5.74) is 4.25. The Hall–Kier alpha value is -2.18. The largest absolute Gasteiger partial charge is 0.444 e. The lowest BCUT2D eigenvalue weighted by Crippen LogP contribution is -2.32. The molecule has 23 heavy (non-hydrogen) atoms. The summed E-state index contributed by atoms with van der Waals surface area (Å²) in [6, 6.07) is 3.56. The molecule has 0 spiro atoms. The predicted octanol–water partition coefficient (Wildman–Crippen LogP) is 4.22. The van der Waals surface area contributed by atoms with E-state index in [4.69, 9.17) is 10.5 Å². The van der Waals surface area contributed by atoms with Crippen LogP contribution in [0.15, 0.2) is 24.3 Å². The number of hydrogen-bond donors (Lipinski definition) is 2. The number of rotatable bonds is 4. The Balaban J connectivity index is 2.47. The molecule has 0 saturated carbocycles. The summed E-state index contributed by atoms with van der Waals surface area (Å²) in [6.45, 7) is 5.66. The highest BCUT2D eigenvalue weighted by atomic mass is 19.4. The number of nitrogens with two attached hydrogens (primary N) is 1. The number of benzene rings is 1. The highest BCUT2D eigenvalue weighted by Crippen LogP contribution is 2.33. The third-order valence-electron chi connectivity index (χ3n) is 2.67. The van der Waals surface area contributed by atoms with Gasteiger partial charge in [-0.05, 0) is 44.9 Å². The fraction of sp³-hybridized carbons (Fsp3) is 0.438. The highest BCUT2D eigenvalue weighted by molar-refractivity contribution is 5.67. The van der Waals surface area contributed by atoms with Crippen molar-refractivity contribution in [3.8, 4) is 0 Å². The SMILES string of the molecule is CC(C)(C)OC(=O)NCCC=Cc1ccc(C(F)(F)F)c(N)c1. The molecule has 0 aliphatic carbocycles. The third-order valence-corrected chi connectivity index (χ3v) is 2.67. The molecular weight excluding hydrogens is 309 g/mol. The molecule has 0 aromatic heterocycles. The van der Waals surface area contributed by atoms with E-state index in [1.807, 2.05) is 0 Å². The second-order valence-electron chi connectivity index (χ2n) is 5.96. The van der Waals surface area contributed by atoms with E-state index in [2.05, 4.69) is 5.32 Å². The third kappa shape index (κ3) is 7.08. The van der Waals surface area contributed by atoms with E-state index >= 15 is 0 Å². The first-order valence-electron chi connectivity index (χ1n) is 7.09. The Morgan fingerprint density at radius 1 is 1.30 bits per heavy atom. The maximum absolute atomic E-state index is 12.6. The maximum Gasteiger partial charge on any atom is 0.418 e. The zero-order valence-electron chi connectivity index (χ0n) is 13.3. The van der Waals surface area contributed by atoms with Gasteiger partial charge < -0.3 is 15.8 Å². The van der Waals surface area contributed by atoms with Crippen LogP contribution in [0.25, 0.3) is 6.08 Å². The van der Waals surface area contributed by atoms with Gasteiger partial charge in [0.2, 0.25) is 0 Å². The van der Waals surface area contributed by atoms with Crippen LogP contribution < -0.4 is 11.1 Å². The van der Waals surface area contributed by atoms with Gasteiger partial charge >= 0.3 is 12.3 Å². The van der Waals surface area contributed by atoms with Crippen molar-refractivity contribution in [2.75, 3.05) is 12.3 Å². The molecule has 4 nitrogen and oxygen atoms in total. The first-order chi connectivity index (χ1) is 10.5. The van der Waals surface area contributed by atoms with Gasteiger partial charge in [0, 0.05) is 12.2 Å². The number of alkyl carbamates (subject to hydrolysis) is 1. The van der Waals surface area contributed by atoms with E-state index in [-0.39, 0.29) is 5.69 Å². The molecule has 0 saturated heterocycles. The minimum Gasteiger partial charge on any atom is -0.444 e. The summed E-state index contributed by atoms with van der Waals surface area (Å²) in [4.78, 5) is 11.4. The van der Waals surface area contributed by atoms with Gasteiger partial charge in [-0.15, -0.1) is 0 Å². The van der Waals surface area contributed by atoms with Crippen LogP contribution in [-0.2, 0) is 10.9 Å². The lowest BCUT2D eigenvalue weighted by molar-refractivity contribution is -0.136. The number of nitrogen functional groups attached to an aromatic ring is 1. The number of carbonyl (C=O) groups excluding carboxylic acids is 1. The summed E-state index contributed by atoms with van der Waals surface area (Å²) >= 11 is 0. The number of ether oxygens (including phenoxy) is 1. The quantitative estimate of drug-likeness (QED) is 0.642. The fourth-order valence-corrected chi connectivity index (χ4v) is 1.73. The molecule has 1 amide bonds. The Kier molecular flexibility index (Phi) is 6.06. The van der Waals surface area contributed by atoms with E-state index in [9.17, 15) is 18.0 Å². The summed E-state index contributed by atoms with van der Waals surface area (Å²) in [5, 5.41) is 2.58. The molecule has 0 radical (unpaired) electrons. The van der Waals surface area contributed by atoms with Crippen LogP contribution in [0.4, 0.5) is 23.7 Å². The molecule has 0 fully saturated rings. The normalized spacial score (nSPS) is 12.4. The lowest BCUT2D eigenvalue weighted by atomic mass is 10.1. The van der Waals surface area contributed by atoms with E-state index in [1.54, 1.807) is 32.9 Å². The molecule has 3 N–H and O–H groups in total. The van der Waals surface area contributed by atoms with Gasteiger partial charge in [-0.1, -0.05) is 18.2 Å². The standard InChI is InChI=1S/C16H21F3N2O2/c1-15(2,3)23-14(22)21-9-5-4-6-11-7-8-12(13(20)10-11)16(17,18)19/h4,6-8,10H,5,9,20H2,1-3H3,(H,21,22). The summed E-state index contributed by atoms with van der Waals surface area (Å²) in [5.74, 6) is 0. The van der Waals surface area contributed by atoms with Gasteiger partial charge in [-0.3, -0.25) is 0 Å². The molecule has 0 aliphatic rings. The van der Waals surface area contributed by atoms with Crippen LogP contribution in [0, 0.1) is 0 Å². The fourth-order valence-electron chi connectivity index (χ4n) is 1.73. The topological polar surface area (TPSA) is 64.3 Å². The van der Waals surface area contributed by atoms with Gasteiger partial charge in [0.1, 0.15) is 5.60 Å². The van der Waals surface area contributed by atoms with Crippen molar-refractivity contribution in [1.82, 2.24) is 5.32 Å². The lowest BCUT2D eigenvalue weighted by Gasteiger charge is -2.19. The van der Waals surface area contributed by atoms with E-state index in [0.29, 0.717) is 18.5 Å². The first-order valence-corrected chi connectivity index (χ1v) is 7.09. The molecule has 0 bridgehead atoms. The van der Waals surface area contributed by atoms with Crippen molar-refractivity contribution in [2.24, 2.45) is 0 Å². The molecule has 1 aromatic carbocycles. The van der Waals surface area contributed by atoms with E-state index < -0.39 is 23.4 Å². The molecule has 128 valence electrons. The van der Waals surface area contributed by atoms with Crippen LogP contribution in [-0.4, -0.2) is 18.2 Å². The van der Waals surface area contributed by atoms with Crippen molar-refractivity contribution in [3.63, 3.8) is 0 Å². The number of nitrogens with one attached hydrogen (secondary N) is 1. The molecule has 1 aromatic rings. The average molecular weight is 330 g/mol. The van der Waals surface area contributed by atoms with E-state index in [0.717, 1.165) is 6.07 Å². The average Bonchev–Trinajstić information content (AvgIpc) is 2.34. The number of anilines is 1. The minimum absolute atomic E-state index is 0.313. The van der Waals surface area contributed by atoms with Crippen molar-refractivity contribution >= 4 is 17.9 Å². The predicted molar refractivity (Wildman–Crippen MR) is 83.7 cm³/mol. The number of carbonyl (C=O) groups is 1. The number of amides is 1. The van der Waals surface area contributed by atoms with Gasteiger partial charge in [0.15, 0.2) is 0 Å². The molecule has 0 unspecified atom stereocenters. The number of halogens is 3. The van der Waals surface area contributed by atoms with Crippen LogP contribution in [0.2, 0.25) is 0 Å². The Morgan fingerprint density at radius 3 is 2.48 bits per heavy atom. The summed E-state index contributed by atoms with van der Waals surface area (Å²) in [7, 11) is 0. The number of hydrogen-bond acceptors (Lipinski definition) is 3. The van der Waals surface area contributed by atoms with Crippen LogP contribution in [0.3, 0.4) is 0 Å². The van der Waals surface area contributed by atoms with Crippen molar-refractivity contribution in [2.45, 2.75) is 39.0 Å². The van der Waals surface area contributed by atoms with Gasteiger partial charge in [-0.2, -0.15) is 13.2 Å².